The van der Waals surface area contributed by atoms with Gasteiger partial charge in [0.25, 0.3) is 0 Å². The molecule has 1 aromatic carbocycles. The molecule has 0 bridgehead atoms. The highest BCUT2D eigenvalue weighted by molar-refractivity contribution is 5.78. The van der Waals surface area contributed by atoms with Crippen LogP contribution in [0, 0.1) is 11.8 Å². The summed E-state index contributed by atoms with van der Waals surface area (Å²) in [4.78, 5) is 13.8. The number of benzene rings is 1. The lowest BCUT2D eigenvalue weighted by atomic mass is 9.92. The number of esters is 1. The van der Waals surface area contributed by atoms with E-state index in [1.807, 2.05) is 30.3 Å². The van der Waals surface area contributed by atoms with Crippen LogP contribution < -0.4 is 4.74 Å². The molecule has 262 valence electrons. The van der Waals surface area contributed by atoms with Crippen LogP contribution in [0.5, 0.6) is 5.75 Å². The van der Waals surface area contributed by atoms with E-state index in [1.165, 1.54) is 26.4 Å². The predicted molar refractivity (Wildman–Crippen MR) is 177 cm³/mol. The van der Waals surface area contributed by atoms with E-state index in [0.29, 0.717) is 57.5 Å². The fourth-order valence-corrected chi connectivity index (χ4v) is 6.99. The fourth-order valence-electron chi connectivity index (χ4n) is 6.99. The van der Waals surface area contributed by atoms with Gasteiger partial charge >= 0.3 is 11.8 Å². The molecule has 0 spiro atoms. The Kier molecular flexibility index (Phi) is 15.1. The molecule has 47 heavy (non-hydrogen) atoms. The number of ether oxygens (including phenoxy) is 8. The predicted octanol–water partition coefficient (Wildman–Crippen LogP) is 7.63. The van der Waals surface area contributed by atoms with Gasteiger partial charge in [-0.05, 0) is 114 Å². The van der Waals surface area contributed by atoms with Crippen molar-refractivity contribution in [2.45, 2.75) is 127 Å². The van der Waals surface area contributed by atoms with Crippen LogP contribution >= 0.6 is 0 Å². The minimum Gasteiger partial charge on any atom is -0.493 e. The molecule has 1 aliphatic carbocycles. The van der Waals surface area contributed by atoms with Gasteiger partial charge in [-0.2, -0.15) is 0 Å². The van der Waals surface area contributed by atoms with Crippen molar-refractivity contribution in [1.29, 1.82) is 0 Å². The molecule has 4 fully saturated rings. The highest BCUT2D eigenvalue weighted by Gasteiger charge is 2.55. The summed E-state index contributed by atoms with van der Waals surface area (Å²) in [6.07, 6.45) is 20.2. The third-order valence-electron chi connectivity index (χ3n) is 9.59. The van der Waals surface area contributed by atoms with Gasteiger partial charge in [0.2, 0.25) is 0 Å². The molecule has 0 radical (unpaired) electrons. The van der Waals surface area contributed by atoms with Crippen molar-refractivity contribution in [2.24, 2.45) is 11.8 Å². The molecule has 1 saturated carbocycles. The quantitative estimate of drug-likeness (QED) is 0.0727. The van der Waals surface area contributed by atoms with Crippen LogP contribution in [0.3, 0.4) is 0 Å². The molecule has 9 nitrogen and oxygen atoms in total. The molecule has 3 heterocycles. The van der Waals surface area contributed by atoms with E-state index in [-0.39, 0.29) is 0 Å². The highest BCUT2D eigenvalue weighted by atomic mass is 16.8. The summed E-state index contributed by atoms with van der Waals surface area (Å²) in [5.74, 6) is -0.488. The Morgan fingerprint density at radius 1 is 0.809 bits per heavy atom. The Hall–Kier alpha value is -2.27. The van der Waals surface area contributed by atoms with Gasteiger partial charge in [-0.15, -0.1) is 0 Å². The molecule has 0 aromatic heterocycles. The summed E-state index contributed by atoms with van der Waals surface area (Å²) in [5.41, 5.74) is 0. The maximum absolute atomic E-state index is 13.8. The van der Waals surface area contributed by atoms with Crippen LogP contribution in [0.1, 0.15) is 96.3 Å². The summed E-state index contributed by atoms with van der Waals surface area (Å²) >= 11 is 0. The Bertz CT molecular complexity index is 1050. The van der Waals surface area contributed by atoms with Gasteiger partial charge in [-0.1, -0.05) is 48.9 Å². The number of hydrogen-bond acceptors (Lipinski definition) is 9. The normalized spacial score (nSPS) is 29.1. The number of allylic oxidation sites excluding steroid dienone is 2. The lowest BCUT2D eigenvalue weighted by Gasteiger charge is -2.43. The van der Waals surface area contributed by atoms with E-state index in [4.69, 9.17) is 37.9 Å². The average molecular weight is 657 g/mol. The zero-order valence-electron chi connectivity index (χ0n) is 28.3. The second kappa shape index (κ2) is 19.7. The monoisotopic (exact) mass is 656 g/mol. The number of para-hydroxylation sites is 1. The van der Waals surface area contributed by atoms with Crippen molar-refractivity contribution in [3.8, 4) is 5.75 Å². The van der Waals surface area contributed by atoms with Gasteiger partial charge < -0.3 is 37.9 Å². The Balaban J connectivity index is 1.26. The Morgan fingerprint density at radius 3 is 2.09 bits per heavy atom. The first kappa shape index (κ1) is 36.0. The second-order valence-electron chi connectivity index (χ2n) is 13.1. The van der Waals surface area contributed by atoms with Gasteiger partial charge in [0, 0.05) is 19.8 Å². The number of rotatable bonds is 17. The van der Waals surface area contributed by atoms with E-state index < -0.39 is 36.7 Å². The van der Waals surface area contributed by atoms with Crippen LogP contribution in [-0.2, 0) is 38.0 Å². The minimum absolute atomic E-state index is 0.387. The van der Waals surface area contributed by atoms with E-state index in [1.54, 1.807) is 0 Å². The Labute approximate surface area is 281 Å². The van der Waals surface area contributed by atoms with Crippen molar-refractivity contribution < 1.29 is 42.7 Å². The van der Waals surface area contributed by atoms with Gasteiger partial charge in [-0.25, -0.2) is 4.79 Å². The molecule has 9 heteroatoms. The lowest BCUT2D eigenvalue weighted by molar-refractivity contribution is -0.386. The maximum atomic E-state index is 13.8. The standard InChI is InChI=1S/C38H56O9/c1-40-37(39)38(46-35-24-9-13-28-43-35,47-36-25-10-14-29-44-36)33(45-34-23-8-12-27-42-34)22-6-5-16-30-18-15-19-31(30)17-7-11-26-41-32-20-3-2-4-21-32/h2-7,17,20-21,30-31,33-36H,8-16,18-19,22-29H2,1H3/t30-,31-,33?,34?,35?,36?,38?/m0/s1. The molecule has 6 atom stereocenters. The first-order valence-electron chi connectivity index (χ1n) is 18.1. The van der Waals surface area contributed by atoms with Gasteiger partial charge in [0.15, 0.2) is 18.9 Å². The van der Waals surface area contributed by atoms with Gasteiger partial charge in [0.1, 0.15) is 11.9 Å². The van der Waals surface area contributed by atoms with E-state index in [9.17, 15) is 4.79 Å². The number of carbonyl (C=O) groups excluding carboxylic acids is 1. The molecule has 3 saturated heterocycles. The smallest absolute Gasteiger partial charge is 0.369 e. The van der Waals surface area contributed by atoms with E-state index >= 15 is 0 Å². The minimum atomic E-state index is -1.87. The molecule has 4 unspecified atom stereocenters. The zero-order valence-corrected chi connectivity index (χ0v) is 28.3. The summed E-state index contributed by atoms with van der Waals surface area (Å²) < 4.78 is 48.8. The van der Waals surface area contributed by atoms with Crippen LogP contribution in [0.4, 0.5) is 0 Å². The van der Waals surface area contributed by atoms with Crippen LogP contribution in [0.15, 0.2) is 54.6 Å². The van der Waals surface area contributed by atoms with Crippen molar-refractivity contribution in [1.82, 2.24) is 0 Å². The van der Waals surface area contributed by atoms with Crippen LogP contribution in [0.2, 0.25) is 0 Å². The topological polar surface area (TPSA) is 90.9 Å². The van der Waals surface area contributed by atoms with Crippen molar-refractivity contribution in [2.75, 3.05) is 33.5 Å². The first-order valence-corrected chi connectivity index (χ1v) is 18.1. The summed E-state index contributed by atoms with van der Waals surface area (Å²) in [6, 6.07) is 9.96. The third-order valence-corrected chi connectivity index (χ3v) is 9.59. The van der Waals surface area contributed by atoms with E-state index in [0.717, 1.165) is 63.5 Å². The van der Waals surface area contributed by atoms with Gasteiger partial charge in [0.05, 0.1) is 13.7 Å². The number of methoxy groups -OCH3 is 1. The molecule has 5 rings (SSSR count). The highest BCUT2D eigenvalue weighted by Crippen LogP contribution is 2.37. The fraction of sp³-hybridized carbons (Fsp3) is 0.711. The van der Waals surface area contributed by atoms with Crippen LogP contribution in [0.25, 0.3) is 0 Å². The first-order chi connectivity index (χ1) is 23.2. The maximum Gasteiger partial charge on any atom is 0.369 e. The number of hydrogen-bond donors (Lipinski definition) is 0. The van der Waals surface area contributed by atoms with Crippen molar-refractivity contribution in [3.05, 3.63) is 54.6 Å². The van der Waals surface area contributed by atoms with Gasteiger partial charge in [-0.3, -0.25) is 0 Å². The summed E-state index contributed by atoms with van der Waals surface area (Å²) in [7, 11) is 1.36. The SMILES string of the molecule is COC(=O)C(OC1CCCCO1)(OC1CCCCO1)C(CC=CC[C@H]1CCC[C@@H]1C=CCCOc1ccccc1)OC1CCCCO1. The second-order valence-corrected chi connectivity index (χ2v) is 13.1. The molecular weight excluding hydrogens is 600 g/mol. The average Bonchev–Trinajstić information content (AvgIpc) is 3.57. The third kappa shape index (κ3) is 11.1. The van der Waals surface area contributed by atoms with Crippen LogP contribution in [-0.4, -0.2) is 70.3 Å². The molecule has 1 aromatic rings. The van der Waals surface area contributed by atoms with E-state index in [2.05, 4.69) is 24.3 Å². The Morgan fingerprint density at radius 2 is 1.47 bits per heavy atom. The van der Waals surface area contributed by atoms with Crippen molar-refractivity contribution in [3.63, 3.8) is 0 Å². The lowest BCUT2D eigenvalue weighted by Crippen LogP contribution is -2.60. The zero-order chi connectivity index (χ0) is 32.6. The number of carbonyl (C=O) groups is 1. The summed E-state index contributed by atoms with van der Waals surface area (Å²) in [5, 5.41) is 0. The summed E-state index contributed by atoms with van der Waals surface area (Å²) in [6.45, 7) is 2.42. The molecule has 4 aliphatic rings. The molecular formula is C38H56O9. The van der Waals surface area contributed by atoms with Crippen molar-refractivity contribution >= 4 is 5.97 Å². The molecule has 0 amide bonds. The molecule has 3 aliphatic heterocycles. The molecule has 0 N–H and O–H groups in total. The largest absolute Gasteiger partial charge is 0.493 e.